The molecule has 0 radical (unpaired) electrons. The summed E-state index contributed by atoms with van der Waals surface area (Å²) in [4.78, 5) is 12.0. The van der Waals surface area contributed by atoms with E-state index in [9.17, 15) is 13.6 Å². The number of halogens is 2. The lowest BCUT2D eigenvalue weighted by atomic mass is 10.1. The average molecular weight is 318 g/mol. The van der Waals surface area contributed by atoms with Crippen molar-refractivity contribution in [2.45, 2.75) is 26.8 Å². The summed E-state index contributed by atoms with van der Waals surface area (Å²) in [5.41, 5.74) is 3.48. The standard InChI is InChI=1S/C18H20F2N2O/c1-11-4-7-17(12(2)8-11)22-18(23)10-21-13(3)14-5-6-15(19)16(20)9-14/h4-9,13,21H,10H2,1-3H3,(H,22,23)/t13-/m1/s1. The number of benzene rings is 2. The quantitative estimate of drug-likeness (QED) is 0.878. The molecule has 0 unspecified atom stereocenters. The van der Waals surface area contributed by atoms with Crippen molar-refractivity contribution < 1.29 is 13.6 Å². The van der Waals surface area contributed by atoms with Gasteiger partial charge in [0.25, 0.3) is 0 Å². The molecule has 0 aliphatic carbocycles. The van der Waals surface area contributed by atoms with E-state index in [4.69, 9.17) is 0 Å². The first-order chi connectivity index (χ1) is 10.9. The Kier molecular flexibility index (Phi) is 5.45. The number of carbonyl (C=O) groups excluding carboxylic acids is 1. The van der Waals surface area contributed by atoms with Crippen molar-refractivity contribution in [1.29, 1.82) is 0 Å². The Morgan fingerprint density at radius 2 is 1.83 bits per heavy atom. The third-order valence-electron chi connectivity index (χ3n) is 3.67. The second-order valence-corrected chi connectivity index (χ2v) is 5.64. The molecule has 0 heterocycles. The fourth-order valence-electron chi connectivity index (χ4n) is 2.29. The van der Waals surface area contributed by atoms with Crippen LogP contribution >= 0.6 is 0 Å². The molecular weight excluding hydrogens is 298 g/mol. The predicted octanol–water partition coefficient (Wildman–Crippen LogP) is 3.87. The normalized spacial score (nSPS) is 12.0. The number of aryl methyl sites for hydroxylation is 2. The van der Waals surface area contributed by atoms with Crippen LogP contribution in [0.4, 0.5) is 14.5 Å². The van der Waals surface area contributed by atoms with Crippen LogP contribution in [0.3, 0.4) is 0 Å². The molecule has 0 saturated heterocycles. The van der Waals surface area contributed by atoms with Crippen LogP contribution in [0, 0.1) is 25.5 Å². The Labute approximate surface area is 134 Å². The van der Waals surface area contributed by atoms with Gasteiger partial charge in [-0.1, -0.05) is 23.8 Å². The molecule has 1 amide bonds. The molecule has 0 bridgehead atoms. The number of anilines is 1. The Hall–Kier alpha value is -2.27. The predicted molar refractivity (Wildman–Crippen MR) is 87.3 cm³/mol. The molecule has 23 heavy (non-hydrogen) atoms. The zero-order valence-corrected chi connectivity index (χ0v) is 13.4. The SMILES string of the molecule is Cc1ccc(NC(=O)CN[C@H](C)c2ccc(F)c(F)c2)c(C)c1. The highest BCUT2D eigenvalue weighted by atomic mass is 19.2. The van der Waals surface area contributed by atoms with Crippen molar-refractivity contribution in [2.75, 3.05) is 11.9 Å². The highest BCUT2D eigenvalue weighted by Gasteiger charge is 2.11. The second kappa shape index (κ2) is 7.33. The molecule has 0 fully saturated rings. The fourth-order valence-corrected chi connectivity index (χ4v) is 2.29. The van der Waals surface area contributed by atoms with E-state index in [1.165, 1.54) is 6.07 Å². The van der Waals surface area contributed by atoms with Crippen molar-refractivity contribution in [3.63, 3.8) is 0 Å². The molecule has 2 aromatic rings. The maximum Gasteiger partial charge on any atom is 0.238 e. The van der Waals surface area contributed by atoms with Crippen molar-refractivity contribution >= 4 is 11.6 Å². The van der Waals surface area contributed by atoms with E-state index in [0.29, 0.717) is 5.56 Å². The van der Waals surface area contributed by atoms with Gasteiger partial charge in [0.15, 0.2) is 11.6 Å². The molecule has 0 saturated carbocycles. The summed E-state index contributed by atoms with van der Waals surface area (Å²) >= 11 is 0. The largest absolute Gasteiger partial charge is 0.325 e. The molecule has 0 aromatic heterocycles. The van der Waals surface area contributed by atoms with Crippen LogP contribution in [-0.4, -0.2) is 12.5 Å². The number of amides is 1. The van der Waals surface area contributed by atoms with Gasteiger partial charge in [0, 0.05) is 11.7 Å². The number of rotatable bonds is 5. The molecule has 0 aliphatic rings. The molecule has 3 nitrogen and oxygen atoms in total. The van der Waals surface area contributed by atoms with Crippen molar-refractivity contribution in [3.8, 4) is 0 Å². The second-order valence-electron chi connectivity index (χ2n) is 5.64. The molecule has 2 rings (SSSR count). The van der Waals surface area contributed by atoms with Crippen molar-refractivity contribution in [1.82, 2.24) is 5.32 Å². The summed E-state index contributed by atoms with van der Waals surface area (Å²) in [6, 6.07) is 9.23. The van der Waals surface area contributed by atoms with Gasteiger partial charge in [-0.15, -0.1) is 0 Å². The summed E-state index contributed by atoms with van der Waals surface area (Å²) < 4.78 is 26.1. The molecule has 122 valence electrons. The lowest BCUT2D eigenvalue weighted by molar-refractivity contribution is -0.115. The van der Waals surface area contributed by atoms with Crippen LogP contribution in [-0.2, 0) is 4.79 Å². The number of hydrogen-bond donors (Lipinski definition) is 2. The van der Waals surface area contributed by atoms with E-state index in [-0.39, 0.29) is 18.5 Å². The number of carbonyl (C=O) groups is 1. The maximum absolute atomic E-state index is 13.2. The number of nitrogens with one attached hydrogen (secondary N) is 2. The first kappa shape index (κ1) is 17.1. The number of hydrogen-bond acceptors (Lipinski definition) is 2. The molecule has 0 spiro atoms. The Bertz CT molecular complexity index is 716. The van der Waals surface area contributed by atoms with E-state index in [0.717, 1.165) is 28.9 Å². The van der Waals surface area contributed by atoms with Crippen molar-refractivity contribution in [2.24, 2.45) is 0 Å². The summed E-state index contributed by atoms with van der Waals surface area (Å²) in [5, 5.41) is 5.82. The molecule has 5 heteroatoms. The van der Waals surface area contributed by atoms with Gasteiger partial charge in [-0.25, -0.2) is 8.78 Å². The monoisotopic (exact) mass is 318 g/mol. The minimum Gasteiger partial charge on any atom is -0.325 e. The van der Waals surface area contributed by atoms with Crippen LogP contribution in [0.1, 0.15) is 29.7 Å². The molecule has 0 aliphatic heterocycles. The van der Waals surface area contributed by atoms with Gasteiger partial charge in [-0.2, -0.15) is 0 Å². The average Bonchev–Trinajstić information content (AvgIpc) is 2.50. The van der Waals surface area contributed by atoms with Gasteiger partial charge in [-0.05, 0) is 50.1 Å². The van der Waals surface area contributed by atoms with Gasteiger partial charge < -0.3 is 10.6 Å². The van der Waals surface area contributed by atoms with Crippen LogP contribution < -0.4 is 10.6 Å². The lowest BCUT2D eigenvalue weighted by Gasteiger charge is -2.15. The first-order valence-electron chi connectivity index (χ1n) is 7.42. The smallest absolute Gasteiger partial charge is 0.238 e. The first-order valence-corrected chi connectivity index (χ1v) is 7.42. The van der Waals surface area contributed by atoms with Crippen LogP contribution in [0.5, 0.6) is 0 Å². The van der Waals surface area contributed by atoms with Crippen LogP contribution in [0.25, 0.3) is 0 Å². The van der Waals surface area contributed by atoms with E-state index < -0.39 is 11.6 Å². The summed E-state index contributed by atoms with van der Waals surface area (Å²) in [5.74, 6) is -1.96. The van der Waals surface area contributed by atoms with Crippen LogP contribution in [0.2, 0.25) is 0 Å². The Morgan fingerprint density at radius 3 is 2.48 bits per heavy atom. The van der Waals surface area contributed by atoms with E-state index in [2.05, 4.69) is 10.6 Å². The summed E-state index contributed by atoms with van der Waals surface area (Å²) in [6.45, 7) is 5.79. The highest BCUT2D eigenvalue weighted by Crippen LogP contribution is 2.17. The third kappa shape index (κ3) is 4.60. The van der Waals surface area contributed by atoms with Crippen molar-refractivity contribution in [3.05, 3.63) is 64.7 Å². The molecule has 2 N–H and O–H groups in total. The van der Waals surface area contributed by atoms with Crippen LogP contribution in [0.15, 0.2) is 36.4 Å². The Morgan fingerprint density at radius 1 is 1.09 bits per heavy atom. The summed E-state index contributed by atoms with van der Waals surface area (Å²) in [6.07, 6.45) is 0. The van der Waals surface area contributed by atoms with Gasteiger partial charge in [-0.3, -0.25) is 4.79 Å². The van der Waals surface area contributed by atoms with Gasteiger partial charge in [0.1, 0.15) is 0 Å². The Balaban J connectivity index is 1.91. The molecule has 2 aromatic carbocycles. The zero-order chi connectivity index (χ0) is 17.0. The minimum absolute atomic E-state index is 0.0769. The molecule has 1 atom stereocenters. The van der Waals surface area contributed by atoms with Gasteiger partial charge >= 0.3 is 0 Å². The van der Waals surface area contributed by atoms with E-state index in [1.807, 2.05) is 32.0 Å². The minimum atomic E-state index is -0.893. The van der Waals surface area contributed by atoms with E-state index >= 15 is 0 Å². The van der Waals surface area contributed by atoms with E-state index in [1.54, 1.807) is 6.92 Å². The van der Waals surface area contributed by atoms with Gasteiger partial charge in [0.2, 0.25) is 5.91 Å². The topological polar surface area (TPSA) is 41.1 Å². The molecular formula is C18H20F2N2O. The zero-order valence-electron chi connectivity index (χ0n) is 13.4. The maximum atomic E-state index is 13.2. The fraction of sp³-hybridized carbons (Fsp3) is 0.278. The summed E-state index contributed by atoms with van der Waals surface area (Å²) in [7, 11) is 0. The lowest BCUT2D eigenvalue weighted by Crippen LogP contribution is -2.30. The highest BCUT2D eigenvalue weighted by molar-refractivity contribution is 5.93. The third-order valence-corrected chi connectivity index (χ3v) is 3.67. The van der Waals surface area contributed by atoms with Gasteiger partial charge in [0.05, 0.1) is 6.54 Å².